The lowest BCUT2D eigenvalue weighted by Crippen LogP contribution is -2.32. The summed E-state index contributed by atoms with van der Waals surface area (Å²) in [5, 5.41) is 1.96. The molecule has 0 radical (unpaired) electrons. The van der Waals surface area contributed by atoms with Crippen LogP contribution in [-0.4, -0.2) is 20.3 Å². The zero-order valence-corrected chi connectivity index (χ0v) is 12.2. The van der Waals surface area contributed by atoms with Crippen molar-refractivity contribution < 1.29 is 14.3 Å². The molecule has 2 aromatic rings. The molecule has 0 unspecified atom stereocenters. The fourth-order valence-electron chi connectivity index (χ4n) is 3.09. The van der Waals surface area contributed by atoms with Crippen LogP contribution in [0.1, 0.15) is 24.8 Å². The van der Waals surface area contributed by atoms with Crippen LogP contribution in [0.3, 0.4) is 0 Å². The topological polar surface area (TPSA) is 47.9 Å². The van der Waals surface area contributed by atoms with Crippen LogP contribution in [0.2, 0.25) is 0 Å². The van der Waals surface area contributed by atoms with Gasteiger partial charge in [0.15, 0.2) is 0 Å². The standard InChI is InChI=1S/C17H17NO3/c1-20-15-10-14(17(18-11-19)8-5-9-17)16(21-2)13-7-4-3-6-12(13)15/h3-4,6-7,10H,5,8-9H2,1-2H3. The summed E-state index contributed by atoms with van der Waals surface area (Å²) < 4.78 is 11.2. The van der Waals surface area contributed by atoms with E-state index in [0.29, 0.717) is 0 Å². The van der Waals surface area contributed by atoms with Crippen molar-refractivity contribution in [2.75, 3.05) is 14.2 Å². The Bertz CT molecular complexity index is 728. The average Bonchev–Trinajstić information content (AvgIpc) is 2.49. The molecule has 4 heteroatoms. The van der Waals surface area contributed by atoms with Gasteiger partial charge in [-0.3, -0.25) is 0 Å². The first-order valence-corrected chi connectivity index (χ1v) is 6.99. The van der Waals surface area contributed by atoms with Crippen molar-refractivity contribution in [1.82, 2.24) is 0 Å². The second-order valence-corrected chi connectivity index (χ2v) is 5.29. The lowest BCUT2D eigenvalue weighted by molar-refractivity contribution is 0.246. The molecule has 3 rings (SSSR count). The van der Waals surface area contributed by atoms with Gasteiger partial charge < -0.3 is 9.47 Å². The lowest BCUT2D eigenvalue weighted by Gasteiger charge is -2.38. The van der Waals surface area contributed by atoms with Gasteiger partial charge in [0.1, 0.15) is 17.0 Å². The Balaban J connectivity index is 2.34. The Morgan fingerprint density at radius 2 is 1.86 bits per heavy atom. The van der Waals surface area contributed by atoms with Crippen LogP contribution in [0.15, 0.2) is 35.3 Å². The second kappa shape index (κ2) is 5.23. The fraction of sp³-hybridized carbons (Fsp3) is 0.353. The van der Waals surface area contributed by atoms with E-state index in [2.05, 4.69) is 4.99 Å². The average molecular weight is 283 g/mol. The van der Waals surface area contributed by atoms with Crippen molar-refractivity contribution in [2.24, 2.45) is 4.99 Å². The summed E-state index contributed by atoms with van der Waals surface area (Å²) in [7, 11) is 3.29. The van der Waals surface area contributed by atoms with Gasteiger partial charge in [-0.05, 0) is 25.3 Å². The minimum atomic E-state index is -0.510. The summed E-state index contributed by atoms with van der Waals surface area (Å²) in [5.74, 6) is 1.54. The molecule has 2 aromatic carbocycles. The van der Waals surface area contributed by atoms with Crippen molar-refractivity contribution >= 4 is 16.9 Å². The third-order valence-electron chi connectivity index (χ3n) is 4.32. The van der Waals surface area contributed by atoms with E-state index >= 15 is 0 Å². The van der Waals surface area contributed by atoms with Crippen LogP contribution in [0.4, 0.5) is 0 Å². The maximum absolute atomic E-state index is 10.8. The summed E-state index contributed by atoms with van der Waals surface area (Å²) in [6, 6.07) is 9.87. The molecular formula is C17H17NO3. The first-order valence-electron chi connectivity index (χ1n) is 6.99. The molecule has 1 aliphatic rings. The van der Waals surface area contributed by atoms with Crippen molar-refractivity contribution in [3.8, 4) is 11.5 Å². The minimum Gasteiger partial charge on any atom is -0.496 e. The predicted octanol–water partition coefficient (Wildman–Crippen LogP) is 3.57. The smallest absolute Gasteiger partial charge is 0.235 e. The van der Waals surface area contributed by atoms with E-state index < -0.39 is 5.54 Å². The molecule has 4 nitrogen and oxygen atoms in total. The Morgan fingerprint density at radius 1 is 1.14 bits per heavy atom. The maximum atomic E-state index is 10.8. The van der Waals surface area contributed by atoms with Crippen LogP contribution in [0.25, 0.3) is 10.8 Å². The highest BCUT2D eigenvalue weighted by Gasteiger charge is 2.42. The zero-order valence-electron chi connectivity index (χ0n) is 12.2. The summed E-state index contributed by atoms with van der Waals surface area (Å²) >= 11 is 0. The van der Waals surface area contributed by atoms with Gasteiger partial charge in [0.2, 0.25) is 6.08 Å². The molecule has 0 spiro atoms. The van der Waals surface area contributed by atoms with Gasteiger partial charge in [-0.1, -0.05) is 24.3 Å². The van der Waals surface area contributed by atoms with E-state index in [-0.39, 0.29) is 0 Å². The van der Waals surface area contributed by atoms with E-state index in [1.807, 2.05) is 30.3 Å². The van der Waals surface area contributed by atoms with E-state index in [0.717, 1.165) is 47.1 Å². The molecule has 1 aliphatic carbocycles. The monoisotopic (exact) mass is 283 g/mol. The van der Waals surface area contributed by atoms with Crippen LogP contribution >= 0.6 is 0 Å². The second-order valence-electron chi connectivity index (χ2n) is 5.29. The number of fused-ring (bicyclic) bond motifs is 1. The molecule has 0 N–H and O–H groups in total. The van der Waals surface area contributed by atoms with E-state index in [1.165, 1.54) is 0 Å². The van der Waals surface area contributed by atoms with E-state index in [1.54, 1.807) is 20.3 Å². The molecule has 21 heavy (non-hydrogen) atoms. The number of isocyanates is 1. The predicted molar refractivity (Wildman–Crippen MR) is 80.7 cm³/mol. The summed E-state index contributed by atoms with van der Waals surface area (Å²) in [5.41, 5.74) is 0.403. The number of ether oxygens (including phenoxy) is 2. The lowest BCUT2D eigenvalue weighted by atomic mass is 9.71. The number of rotatable bonds is 4. The quantitative estimate of drug-likeness (QED) is 0.636. The summed E-state index contributed by atoms with van der Waals surface area (Å²) in [6.07, 6.45) is 4.44. The zero-order chi connectivity index (χ0) is 14.9. The SMILES string of the molecule is COc1cc(C2(N=C=O)CCC2)c(OC)c2ccccc12. The highest BCUT2D eigenvalue weighted by atomic mass is 16.5. The molecule has 0 atom stereocenters. The number of methoxy groups -OCH3 is 2. The largest absolute Gasteiger partial charge is 0.496 e. The maximum Gasteiger partial charge on any atom is 0.235 e. The highest BCUT2D eigenvalue weighted by molar-refractivity contribution is 5.95. The molecule has 0 aromatic heterocycles. The first-order chi connectivity index (χ1) is 10.3. The van der Waals surface area contributed by atoms with Gasteiger partial charge in [0, 0.05) is 16.3 Å². The van der Waals surface area contributed by atoms with Gasteiger partial charge in [0.05, 0.1) is 14.2 Å². The number of aliphatic imine (C=N–C) groups is 1. The number of nitrogens with zero attached hydrogens (tertiary/aromatic N) is 1. The Hall–Kier alpha value is -2.32. The molecule has 0 bridgehead atoms. The molecule has 0 heterocycles. The van der Waals surface area contributed by atoms with Crippen LogP contribution in [0, 0.1) is 0 Å². The normalized spacial score (nSPS) is 15.9. The summed E-state index contributed by atoms with van der Waals surface area (Å²) in [4.78, 5) is 14.9. The summed E-state index contributed by atoms with van der Waals surface area (Å²) in [6.45, 7) is 0. The number of carbonyl (C=O) groups excluding carboxylic acids is 1. The molecule has 108 valence electrons. The van der Waals surface area contributed by atoms with Gasteiger partial charge in [0.25, 0.3) is 0 Å². The van der Waals surface area contributed by atoms with Crippen molar-refractivity contribution in [2.45, 2.75) is 24.8 Å². The van der Waals surface area contributed by atoms with Crippen LogP contribution < -0.4 is 9.47 Å². The fourth-order valence-corrected chi connectivity index (χ4v) is 3.09. The van der Waals surface area contributed by atoms with Gasteiger partial charge >= 0.3 is 0 Å². The number of hydrogen-bond donors (Lipinski definition) is 0. The van der Waals surface area contributed by atoms with Gasteiger partial charge in [-0.15, -0.1) is 0 Å². The first kappa shape index (κ1) is 13.7. The Kier molecular flexibility index (Phi) is 3.40. The van der Waals surface area contributed by atoms with Crippen LogP contribution in [-0.2, 0) is 10.3 Å². The molecule has 0 saturated heterocycles. The number of hydrogen-bond acceptors (Lipinski definition) is 4. The van der Waals surface area contributed by atoms with Crippen molar-refractivity contribution in [3.05, 3.63) is 35.9 Å². The van der Waals surface area contributed by atoms with E-state index in [4.69, 9.17) is 9.47 Å². The Morgan fingerprint density at radius 3 is 2.38 bits per heavy atom. The van der Waals surface area contributed by atoms with Crippen molar-refractivity contribution in [1.29, 1.82) is 0 Å². The highest BCUT2D eigenvalue weighted by Crippen LogP contribution is 2.51. The van der Waals surface area contributed by atoms with Gasteiger partial charge in [-0.2, -0.15) is 4.99 Å². The number of benzene rings is 2. The Labute approximate surface area is 123 Å². The molecule has 1 fully saturated rings. The minimum absolute atomic E-state index is 0.510. The van der Waals surface area contributed by atoms with E-state index in [9.17, 15) is 4.79 Å². The third-order valence-corrected chi connectivity index (χ3v) is 4.32. The molecule has 0 amide bonds. The van der Waals surface area contributed by atoms with Crippen molar-refractivity contribution in [3.63, 3.8) is 0 Å². The molecule has 1 saturated carbocycles. The third kappa shape index (κ3) is 1.99. The molecule has 0 aliphatic heterocycles. The van der Waals surface area contributed by atoms with Crippen LogP contribution in [0.5, 0.6) is 11.5 Å². The molecular weight excluding hydrogens is 266 g/mol. The van der Waals surface area contributed by atoms with Gasteiger partial charge in [-0.25, -0.2) is 4.79 Å².